The van der Waals surface area contributed by atoms with Crippen LogP contribution < -0.4 is 0 Å². The zero-order valence-corrected chi connectivity index (χ0v) is 14.4. The Morgan fingerprint density at radius 1 is 1.29 bits per heavy atom. The summed E-state index contributed by atoms with van der Waals surface area (Å²) in [6.07, 6.45) is 1.45. The molecule has 2 bridgehead atoms. The lowest BCUT2D eigenvalue weighted by Crippen LogP contribution is -2.58. The highest BCUT2D eigenvalue weighted by molar-refractivity contribution is 5.88. The first-order valence-electron chi connectivity index (χ1n) is 8.62. The highest BCUT2D eigenvalue weighted by Crippen LogP contribution is 2.44. The molecule has 2 saturated heterocycles. The first kappa shape index (κ1) is 17.0. The molecule has 7 nitrogen and oxygen atoms in total. The van der Waals surface area contributed by atoms with Gasteiger partial charge in [-0.25, -0.2) is 4.79 Å². The number of carbonyl (C=O) groups is 2. The number of nitrogens with zero attached hydrogens (tertiary/aromatic N) is 3. The number of aliphatic hydroxyl groups excluding tert-OH is 1. The molecule has 3 fully saturated rings. The number of hydrogen-bond acceptors (Lipinski definition) is 5. The van der Waals surface area contributed by atoms with Gasteiger partial charge >= 0.3 is 6.09 Å². The van der Waals surface area contributed by atoms with Crippen molar-refractivity contribution in [1.29, 1.82) is 5.26 Å². The van der Waals surface area contributed by atoms with E-state index in [0.29, 0.717) is 25.8 Å². The van der Waals surface area contributed by atoms with Crippen molar-refractivity contribution in [2.75, 3.05) is 6.54 Å². The van der Waals surface area contributed by atoms with Crippen molar-refractivity contribution in [3.05, 3.63) is 0 Å². The van der Waals surface area contributed by atoms with E-state index in [-0.39, 0.29) is 17.9 Å². The van der Waals surface area contributed by atoms with E-state index < -0.39 is 29.9 Å². The molecule has 24 heavy (non-hydrogen) atoms. The molecular weight excluding hydrogens is 310 g/mol. The third kappa shape index (κ3) is 2.84. The van der Waals surface area contributed by atoms with Crippen molar-refractivity contribution in [3.8, 4) is 6.07 Å². The third-order valence-electron chi connectivity index (χ3n) is 5.18. The van der Waals surface area contributed by atoms with Gasteiger partial charge in [0, 0.05) is 6.54 Å². The highest BCUT2D eigenvalue weighted by atomic mass is 16.6. The van der Waals surface area contributed by atoms with Crippen LogP contribution in [0.2, 0.25) is 0 Å². The lowest BCUT2D eigenvalue weighted by Gasteiger charge is -2.39. The van der Waals surface area contributed by atoms with Gasteiger partial charge < -0.3 is 14.7 Å². The number of carbonyl (C=O) groups excluding carboxylic acids is 2. The first-order valence-corrected chi connectivity index (χ1v) is 8.62. The number of hydrogen-bond donors (Lipinski definition) is 1. The summed E-state index contributed by atoms with van der Waals surface area (Å²) in [4.78, 5) is 28.7. The van der Waals surface area contributed by atoms with Gasteiger partial charge in [0.05, 0.1) is 18.2 Å². The lowest BCUT2D eigenvalue weighted by atomic mass is 9.96. The molecule has 1 saturated carbocycles. The SMILES string of the molecule is CC(C)(C)OC(=O)N1[C@@H]2C[C@@H](C[C@@H]2O)[C@H]1C(=O)N1CCC[C@H]1C#N. The smallest absolute Gasteiger partial charge is 0.411 e. The van der Waals surface area contributed by atoms with Gasteiger partial charge in [0.15, 0.2) is 0 Å². The predicted molar refractivity (Wildman–Crippen MR) is 84.7 cm³/mol. The van der Waals surface area contributed by atoms with Gasteiger partial charge in [-0.1, -0.05) is 0 Å². The monoisotopic (exact) mass is 335 g/mol. The second-order valence-corrected chi connectivity index (χ2v) is 8.02. The van der Waals surface area contributed by atoms with Crippen LogP contribution in [0.5, 0.6) is 0 Å². The molecule has 2 amide bonds. The third-order valence-corrected chi connectivity index (χ3v) is 5.18. The van der Waals surface area contributed by atoms with Crippen LogP contribution in [0.1, 0.15) is 46.5 Å². The van der Waals surface area contributed by atoms with Crippen LogP contribution in [0, 0.1) is 17.2 Å². The summed E-state index contributed by atoms with van der Waals surface area (Å²) in [7, 11) is 0. The Labute approximate surface area is 142 Å². The zero-order valence-electron chi connectivity index (χ0n) is 14.4. The lowest BCUT2D eigenvalue weighted by molar-refractivity contribution is -0.140. The summed E-state index contributed by atoms with van der Waals surface area (Å²) in [5.74, 6) is -0.241. The molecule has 0 spiro atoms. The maximum absolute atomic E-state index is 13.0. The summed E-state index contributed by atoms with van der Waals surface area (Å²) in [5, 5.41) is 19.4. The normalized spacial score (nSPS) is 35.2. The van der Waals surface area contributed by atoms with Gasteiger partial charge in [-0.05, 0) is 52.4 Å². The maximum atomic E-state index is 13.0. The topological polar surface area (TPSA) is 93.9 Å². The molecule has 7 heteroatoms. The van der Waals surface area contributed by atoms with Gasteiger partial charge in [0.1, 0.15) is 17.7 Å². The number of fused-ring (bicyclic) bond motifs is 2. The molecule has 0 aromatic rings. The summed E-state index contributed by atoms with van der Waals surface area (Å²) in [6, 6.07) is 0.764. The Bertz CT molecular complexity index is 579. The van der Waals surface area contributed by atoms with Gasteiger partial charge in [0.2, 0.25) is 5.91 Å². The average molecular weight is 335 g/mol. The molecular formula is C17H25N3O4. The van der Waals surface area contributed by atoms with Crippen LogP contribution >= 0.6 is 0 Å². The van der Waals surface area contributed by atoms with Gasteiger partial charge in [0.25, 0.3) is 0 Å². The number of aliphatic hydroxyl groups is 1. The molecule has 0 aromatic heterocycles. The second kappa shape index (κ2) is 5.92. The van der Waals surface area contributed by atoms with Gasteiger partial charge in [-0.15, -0.1) is 0 Å². The predicted octanol–water partition coefficient (Wildman–Crippen LogP) is 1.26. The first-order chi connectivity index (χ1) is 11.2. The van der Waals surface area contributed by atoms with E-state index in [1.807, 2.05) is 0 Å². The molecule has 1 N–H and O–H groups in total. The second-order valence-electron chi connectivity index (χ2n) is 8.02. The molecule has 0 radical (unpaired) electrons. The fourth-order valence-electron chi connectivity index (χ4n) is 4.24. The van der Waals surface area contributed by atoms with E-state index in [4.69, 9.17) is 4.74 Å². The van der Waals surface area contributed by atoms with Crippen molar-refractivity contribution in [2.45, 2.75) is 76.3 Å². The highest BCUT2D eigenvalue weighted by Gasteiger charge is 2.57. The van der Waals surface area contributed by atoms with Crippen molar-refractivity contribution < 1.29 is 19.4 Å². The Kier molecular flexibility index (Phi) is 4.20. The fraction of sp³-hybridized carbons (Fsp3) is 0.824. The maximum Gasteiger partial charge on any atom is 0.411 e. The van der Waals surface area contributed by atoms with E-state index in [1.54, 1.807) is 25.7 Å². The van der Waals surface area contributed by atoms with Crippen molar-refractivity contribution in [2.24, 2.45) is 5.92 Å². The minimum Gasteiger partial charge on any atom is -0.444 e. The summed E-state index contributed by atoms with van der Waals surface area (Å²) >= 11 is 0. The Morgan fingerprint density at radius 2 is 2.00 bits per heavy atom. The van der Waals surface area contributed by atoms with Crippen molar-refractivity contribution >= 4 is 12.0 Å². The summed E-state index contributed by atoms with van der Waals surface area (Å²) < 4.78 is 5.46. The molecule has 2 heterocycles. The minimum absolute atomic E-state index is 0.0649. The molecule has 132 valence electrons. The zero-order chi connectivity index (χ0) is 17.6. The van der Waals surface area contributed by atoms with Crippen LogP contribution in [-0.2, 0) is 9.53 Å². The van der Waals surface area contributed by atoms with Crippen molar-refractivity contribution in [3.63, 3.8) is 0 Å². The number of amides is 2. The fourth-order valence-corrected chi connectivity index (χ4v) is 4.24. The van der Waals surface area contributed by atoms with E-state index in [9.17, 15) is 20.0 Å². The molecule has 1 aliphatic carbocycles. The summed E-state index contributed by atoms with van der Waals surface area (Å²) in [6.45, 7) is 5.88. The van der Waals surface area contributed by atoms with E-state index in [0.717, 1.165) is 6.42 Å². The quantitative estimate of drug-likeness (QED) is 0.778. The Balaban J connectivity index is 1.84. The molecule has 3 aliphatic rings. The van der Waals surface area contributed by atoms with Crippen LogP contribution in [0.15, 0.2) is 0 Å². The summed E-state index contributed by atoms with van der Waals surface area (Å²) in [5.41, 5.74) is -0.666. The molecule has 3 rings (SSSR count). The van der Waals surface area contributed by atoms with Crippen molar-refractivity contribution in [1.82, 2.24) is 9.80 Å². The number of rotatable bonds is 1. The van der Waals surface area contributed by atoms with E-state index >= 15 is 0 Å². The number of likely N-dealkylation sites (tertiary alicyclic amines) is 2. The van der Waals surface area contributed by atoms with Crippen LogP contribution in [0.25, 0.3) is 0 Å². The van der Waals surface area contributed by atoms with Crippen LogP contribution in [0.4, 0.5) is 4.79 Å². The largest absolute Gasteiger partial charge is 0.444 e. The standard InChI is InChI=1S/C17H25N3O4/c1-17(2,3)24-16(23)20-12-7-10(8-13(12)21)14(20)15(22)19-6-4-5-11(19)9-18/h10-14,21H,4-8H2,1-3H3/t10-,11-,12+,13-,14-/m0/s1. The number of ether oxygens (including phenoxy) is 1. The van der Waals surface area contributed by atoms with Gasteiger partial charge in [-0.3, -0.25) is 9.69 Å². The molecule has 0 unspecified atom stereocenters. The van der Waals surface area contributed by atoms with Crippen LogP contribution in [0.3, 0.4) is 0 Å². The van der Waals surface area contributed by atoms with E-state index in [1.165, 1.54) is 4.90 Å². The number of nitriles is 1. The van der Waals surface area contributed by atoms with E-state index in [2.05, 4.69) is 6.07 Å². The molecule has 5 atom stereocenters. The van der Waals surface area contributed by atoms with Gasteiger partial charge in [-0.2, -0.15) is 5.26 Å². The molecule has 0 aromatic carbocycles. The average Bonchev–Trinajstić information content (AvgIpc) is 3.16. The molecule has 2 aliphatic heterocycles. The minimum atomic E-state index is -0.666. The Morgan fingerprint density at radius 3 is 2.62 bits per heavy atom. The van der Waals surface area contributed by atoms with Crippen LogP contribution in [-0.4, -0.2) is 63.3 Å². The Hall–Kier alpha value is -1.81. The number of piperidine rings is 1.